The first-order chi connectivity index (χ1) is 10.5. The molecule has 0 aliphatic rings. The molecule has 2 aromatic carbocycles. The molecule has 0 aliphatic heterocycles. The fraction of sp³-hybridized carbons (Fsp3) is 0.133. The number of carbonyl (C=O) groups excluding carboxylic acids is 1. The second-order valence-corrected chi connectivity index (χ2v) is 5.00. The van der Waals surface area contributed by atoms with Crippen molar-refractivity contribution in [1.29, 1.82) is 0 Å². The molecule has 6 nitrogen and oxygen atoms in total. The maximum Gasteiger partial charge on any atom is 0.274 e. The summed E-state index contributed by atoms with van der Waals surface area (Å²) >= 11 is 5.96. The summed E-state index contributed by atoms with van der Waals surface area (Å²) in [6.07, 6.45) is 0. The Morgan fingerprint density at radius 2 is 1.86 bits per heavy atom. The number of benzene rings is 2. The molecule has 0 fully saturated rings. The van der Waals surface area contributed by atoms with Gasteiger partial charge in [-0.1, -0.05) is 29.8 Å². The smallest absolute Gasteiger partial charge is 0.274 e. The number of amides is 1. The zero-order valence-electron chi connectivity index (χ0n) is 11.8. The molecule has 2 rings (SSSR count). The Labute approximate surface area is 132 Å². The second-order valence-electron chi connectivity index (χ2n) is 4.59. The fourth-order valence-electron chi connectivity index (χ4n) is 1.95. The van der Waals surface area contributed by atoms with E-state index >= 15 is 0 Å². The monoisotopic (exact) mass is 319 g/mol. The highest BCUT2D eigenvalue weighted by Gasteiger charge is 2.13. The van der Waals surface area contributed by atoms with Gasteiger partial charge in [-0.2, -0.15) is 0 Å². The minimum atomic E-state index is -0.454. The Morgan fingerprint density at radius 1 is 1.18 bits per heavy atom. The Hall–Kier alpha value is -2.60. The molecule has 0 aromatic heterocycles. The lowest BCUT2D eigenvalue weighted by Gasteiger charge is -2.10. The quantitative estimate of drug-likeness (QED) is 0.651. The summed E-state index contributed by atoms with van der Waals surface area (Å²) in [7, 11) is 0. The predicted octanol–water partition coefficient (Wildman–Crippen LogP) is 3.61. The molecular formula is C15H14ClN3O3. The third-order valence-corrected chi connectivity index (χ3v) is 3.42. The van der Waals surface area contributed by atoms with E-state index in [9.17, 15) is 14.9 Å². The van der Waals surface area contributed by atoms with Crippen LogP contribution in [0.25, 0.3) is 0 Å². The van der Waals surface area contributed by atoms with Gasteiger partial charge in [0.2, 0.25) is 5.91 Å². The fourth-order valence-corrected chi connectivity index (χ4v) is 2.13. The Bertz CT molecular complexity index is 719. The molecule has 0 heterocycles. The number of para-hydroxylation sites is 1. The topological polar surface area (TPSA) is 84.3 Å². The first kappa shape index (κ1) is 15.8. The van der Waals surface area contributed by atoms with Crippen molar-refractivity contribution in [2.75, 3.05) is 17.2 Å². The number of nitrogens with zero attached hydrogens (tertiary/aromatic N) is 1. The normalized spacial score (nSPS) is 10.1. The Kier molecular flexibility index (Phi) is 4.95. The molecule has 2 N–H and O–H groups in total. The van der Waals surface area contributed by atoms with Crippen molar-refractivity contribution in [3.8, 4) is 0 Å². The molecule has 1 amide bonds. The number of nitro groups is 1. The van der Waals surface area contributed by atoms with Crippen LogP contribution in [0.5, 0.6) is 0 Å². The summed E-state index contributed by atoms with van der Waals surface area (Å²) in [5, 5.41) is 16.9. The van der Waals surface area contributed by atoms with Gasteiger partial charge in [-0.15, -0.1) is 0 Å². The highest BCUT2D eigenvalue weighted by Crippen LogP contribution is 2.25. The van der Waals surface area contributed by atoms with E-state index in [1.807, 2.05) is 0 Å². The standard InChI is InChI=1S/C15H14ClN3O3/c1-10-12(7-4-8-14(10)19(21)22)17-9-15(20)18-13-6-3-2-5-11(13)16/h2-8,17H,9H2,1H3,(H,18,20). The van der Waals surface area contributed by atoms with Crippen LogP contribution in [0.15, 0.2) is 42.5 Å². The van der Waals surface area contributed by atoms with Crippen molar-refractivity contribution in [2.24, 2.45) is 0 Å². The highest BCUT2D eigenvalue weighted by atomic mass is 35.5. The number of nitro benzene ring substituents is 1. The van der Waals surface area contributed by atoms with Gasteiger partial charge in [0.05, 0.1) is 22.2 Å². The van der Waals surface area contributed by atoms with Gasteiger partial charge in [0.25, 0.3) is 5.69 Å². The van der Waals surface area contributed by atoms with E-state index < -0.39 is 4.92 Å². The Balaban J connectivity index is 2.02. The molecule has 2 aromatic rings. The molecule has 7 heteroatoms. The molecule has 22 heavy (non-hydrogen) atoms. The number of anilines is 2. The third kappa shape index (κ3) is 3.73. The van der Waals surface area contributed by atoms with Crippen LogP contribution in [0.2, 0.25) is 5.02 Å². The molecule has 0 atom stereocenters. The van der Waals surface area contributed by atoms with Crippen LogP contribution < -0.4 is 10.6 Å². The molecule has 0 saturated carbocycles. The van der Waals surface area contributed by atoms with Crippen LogP contribution in [0, 0.1) is 17.0 Å². The van der Waals surface area contributed by atoms with Crippen LogP contribution >= 0.6 is 11.6 Å². The lowest BCUT2D eigenvalue weighted by Crippen LogP contribution is -2.22. The molecule has 114 valence electrons. The zero-order chi connectivity index (χ0) is 16.1. The van der Waals surface area contributed by atoms with Gasteiger partial charge in [0.15, 0.2) is 0 Å². The maximum atomic E-state index is 11.9. The maximum absolute atomic E-state index is 11.9. The van der Waals surface area contributed by atoms with Crippen LogP contribution in [0.4, 0.5) is 17.1 Å². The molecule has 0 bridgehead atoms. The van der Waals surface area contributed by atoms with Crippen LogP contribution in [-0.4, -0.2) is 17.4 Å². The van der Waals surface area contributed by atoms with Crippen molar-refractivity contribution >= 4 is 34.6 Å². The second kappa shape index (κ2) is 6.91. The lowest BCUT2D eigenvalue weighted by atomic mass is 10.1. The van der Waals surface area contributed by atoms with Crippen molar-refractivity contribution in [3.63, 3.8) is 0 Å². The van der Waals surface area contributed by atoms with Crippen molar-refractivity contribution < 1.29 is 9.72 Å². The van der Waals surface area contributed by atoms with Crippen molar-refractivity contribution in [2.45, 2.75) is 6.92 Å². The molecule has 0 spiro atoms. The summed E-state index contributed by atoms with van der Waals surface area (Å²) in [5.41, 5.74) is 1.56. The first-order valence-electron chi connectivity index (χ1n) is 6.51. The number of hydrogen-bond acceptors (Lipinski definition) is 4. The molecule has 0 unspecified atom stereocenters. The lowest BCUT2D eigenvalue weighted by molar-refractivity contribution is -0.385. The van der Waals surface area contributed by atoms with Gasteiger partial charge in [0.1, 0.15) is 0 Å². The molecule has 0 aliphatic carbocycles. The number of carbonyl (C=O) groups is 1. The van der Waals surface area contributed by atoms with Crippen LogP contribution in [0.3, 0.4) is 0 Å². The zero-order valence-corrected chi connectivity index (χ0v) is 12.6. The molecule has 0 saturated heterocycles. The predicted molar refractivity (Wildman–Crippen MR) is 86.4 cm³/mol. The SMILES string of the molecule is Cc1c(NCC(=O)Nc2ccccc2Cl)cccc1[N+](=O)[O-]. The summed E-state index contributed by atoms with van der Waals surface area (Å²) < 4.78 is 0. The first-order valence-corrected chi connectivity index (χ1v) is 6.89. The number of rotatable bonds is 5. The van der Waals surface area contributed by atoms with E-state index in [1.54, 1.807) is 43.3 Å². The van der Waals surface area contributed by atoms with Gasteiger partial charge >= 0.3 is 0 Å². The van der Waals surface area contributed by atoms with E-state index in [-0.39, 0.29) is 18.1 Å². The van der Waals surface area contributed by atoms with Crippen LogP contribution in [-0.2, 0) is 4.79 Å². The summed E-state index contributed by atoms with van der Waals surface area (Å²) in [5.74, 6) is -0.293. The van der Waals surface area contributed by atoms with Gasteiger partial charge in [-0.25, -0.2) is 0 Å². The number of hydrogen-bond donors (Lipinski definition) is 2. The molecule has 0 radical (unpaired) electrons. The average molecular weight is 320 g/mol. The van der Waals surface area contributed by atoms with E-state index in [4.69, 9.17) is 11.6 Å². The number of halogens is 1. The van der Waals surface area contributed by atoms with Gasteiger partial charge in [-0.3, -0.25) is 14.9 Å². The van der Waals surface area contributed by atoms with Crippen LogP contribution in [0.1, 0.15) is 5.56 Å². The summed E-state index contributed by atoms with van der Waals surface area (Å²) in [6.45, 7) is 1.61. The van der Waals surface area contributed by atoms with Crippen molar-refractivity contribution in [1.82, 2.24) is 0 Å². The van der Waals surface area contributed by atoms with Gasteiger partial charge < -0.3 is 10.6 Å². The van der Waals surface area contributed by atoms with E-state index in [2.05, 4.69) is 10.6 Å². The van der Waals surface area contributed by atoms with Crippen molar-refractivity contribution in [3.05, 3.63) is 63.2 Å². The minimum Gasteiger partial charge on any atom is -0.376 e. The van der Waals surface area contributed by atoms with Gasteiger partial charge in [0, 0.05) is 17.3 Å². The molecular weight excluding hydrogens is 306 g/mol. The Morgan fingerprint density at radius 3 is 2.55 bits per heavy atom. The summed E-state index contributed by atoms with van der Waals surface area (Å²) in [4.78, 5) is 22.3. The van der Waals surface area contributed by atoms with E-state index in [0.29, 0.717) is 22.0 Å². The van der Waals surface area contributed by atoms with Gasteiger partial charge in [-0.05, 0) is 25.1 Å². The highest BCUT2D eigenvalue weighted by molar-refractivity contribution is 6.33. The number of nitrogens with one attached hydrogen (secondary N) is 2. The average Bonchev–Trinajstić information content (AvgIpc) is 2.48. The minimum absolute atomic E-state index is 0.0107. The summed E-state index contributed by atoms with van der Waals surface area (Å²) in [6, 6.07) is 11.6. The van der Waals surface area contributed by atoms with E-state index in [0.717, 1.165) is 0 Å². The largest absolute Gasteiger partial charge is 0.376 e. The third-order valence-electron chi connectivity index (χ3n) is 3.09. The van der Waals surface area contributed by atoms with E-state index in [1.165, 1.54) is 6.07 Å².